The molecule has 0 aliphatic carbocycles. The van der Waals surface area contributed by atoms with Gasteiger partial charge in [-0.3, -0.25) is 10.1 Å². The third-order valence-electron chi connectivity index (χ3n) is 2.90. The summed E-state index contributed by atoms with van der Waals surface area (Å²) in [6.45, 7) is 7.87. The Balaban J connectivity index is 2.84. The van der Waals surface area contributed by atoms with E-state index in [1.54, 1.807) is 12.1 Å². The summed E-state index contributed by atoms with van der Waals surface area (Å²) in [5, 5.41) is 14.2. The Morgan fingerprint density at radius 2 is 2.28 bits per heavy atom. The molecule has 0 bridgehead atoms. The third-order valence-corrected chi connectivity index (χ3v) is 2.90. The van der Waals surface area contributed by atoms with Gasteiger partial charge in [0.2, 0.25) is 0 Å². The molecule has 0 aliphatic heterocycles. The van der Waals surface area contributed by atoms with E-state index in [9.17, 15) is 10.1 Å². The minimum Gasteiger partial charge on any atom is -0.307 e. The summed E-state index contributed by atoms with van der Waals surface area (Å²) in [5.41, 5.74) is 1.10. The van der Waals surface area contributed by atoms with Crippen molar-refractivity contribution in [2.75, 3.05) is 0 Å². The predicted molar refractivity (Wildman–Crippen MR) is 73.5 cm³/mol. The molecule has 0 saturated heterocycles. The number of hydrogen-bond acceptors (Lipinski definition) is 3. The molecule has 1 aromatic carbocycles. The van der Waals surface area contributed by atoms with Gasteiger partial charge in [-0.1, -0.05) is 25.1 Å². The Labute approximate surface area is 108 Å². The molecule has 4 heteroatoms. The second kappa shape index (κ2) is 6.91. The van der Waals surface area contributed by atoms with Gasteiger partial charge in [-0.2, -0.15) is 0 Å². The molecule has 0 saturated carbocycles. The van der Waals surface area contributed by atoms with Crippen LogP contribution in [0.4, 0.5) is 5.69 Å². The van der Waals surface area contributed by atoms with E-state index in [1.165, 1.54) is 6.07 Å². The van der Waals surface area contributed by atoms with Gasteiger partial charge in [0, 0.05) is 24.2 Å². The minimum atomic E-state index is -0.358. The summed E-state index contributed by atoms with van der Waals surface area (Å²) in [6.07, 6.45) is 3.64. The molecule has 0 spiro atoms. The maximum atomic E-state index is 10.8. The van der Waals surface area contributed by atoms with E-state index in [-0.39, 0.29) is 16.7 Å². The lowest BCUT2D eigenvalue weighted by Crippen LogP contribution is -2.29. The van der Waals surface area contributed by atoms with Crippen LogP contribution < -0.4 is 5.32 Å². The second-order valence-corrected chi connectivity index (χ2v) is 4.41. The largest absolute Gasteiger partial charge is 0.307 e. The fourth-order valence-corrected chi connectivity index (χ4v) is 1.97. The SMILES string of the molecule is C=CCC(C)NC(CC)c1cccc([N+](=O)[O-])c1. The van der Waals surface area contributed by atoms with Gasteiger partial charge in [0.1, 0.15) is 0 Å². The summed E-state index contributed by atoms with van der Waals surface area (Å²) in [7, 11) is 0. The van der Waals surface area contributed by atoms with Crippen molar-refractivity contribution in [3.63, 3.8) is 0 Å². The van der Waals surface area contributed by atoms with Gasteiger partial charge in [0.25, 0.3) is 5.69 Å². The maximum Gasteiger partial charge on any atom is 0.269 e. The molecule has 18 heavy (non-hydrogen) atoms. The molecule has 0 fully saturated rings. The molecule has 0 aromatic heterocycles. The maximum absolute atomic E-state index is 10.8. The quantitative estimate of drug-likeness (QED) is 0.455. The molecule has 0 aliphatic rings. The summed E-state index contributed by atoms with van der Waals surface area (Å²) in [4.78, 5) is 10.4. The van der Waals surface area contributed by atoms with Crippen LogP contribution in [0, 0.1) is 10.1 Å². The lowest BCUT2D eigenvalue weighted by atomic mass is 10.0. The molecule has 4 nitrogen and oxygen atoms in total. The van der Waals surface area contributed by atoms with Crippen LogP contribution in [0.1, 0.15) is 38.3 Å². The number of non-ortho nitro benzene ring substituents is 1. The van der Waals surface area contributed by atoms with Crippen LogP contribution in [0.5, 0.6) is 0 Å². The van der Waals surface area contributed by atoms with Crippen molar-refractivity contribution in [1.29, 1.82) is 0 Å². The fraction of sp³-hybridized carbons (Fsp3) is 0.429. The molecule has 1 aromatic rings. The Kier molecular flexibility index (Phi) is 5.52. The van der Waals surface area contributed by atoms with Crippen LogP contribution >= 0.6 is 0 Å². The third kappa shape index (κ3) is 3.96. The topological polar surface area (TPSA) is 55.2 Å². The first kappa shape index (κ1) is 14.4. The van der Waals surface area contributed by atoms with Gasteiger partial charge in [0.15, 0.2) is 0 Å². The zero-order chi connectivity index (χ0) is 13.5. The van der Waals surface area contributed by atoms with E-state index in [0.717, 1.165) is 18.4 Å². The number of nitro groups is 1. The van der Waals surface area contributed by atoms with Crippen molar-refractivity contribution in [1.82, 2.24) is 5.32 Å². The van der Waals surface area contributed by atoms with Gasteiger partial charge in [0.05, 0.1) is 4.92 Å². The lowest BCUT2D eigenvalue weighted by molar-refractivity contribution is -0.384. The van der Waals surface area contributed by atoms with Crippen molar-refractivity contribution in [3.05, 3.63) is 52.6 Å². The number of nitrogens with one attached hydrogen (secondary N) is 1. The van der Waals surface area contributed by atoms with Gasteiger partial charge in [-0.05, 0) is 25.3 Å². The zero-order valence-electron chi connectivity index (χ0n) is 10.9. The number of rotatable bonds is 7. The Morgan fingerprint density at radius 1 is 1.56 bits per heavy atom. The van der Waals surface area contributed by atoms with Crippen molar-refractivity contribution in [3.8, 4) is 0 Å². The molecule has 2 atom stereocenters. The summed E-state index contributed by atoms with van der Waals surface area (Å²) >= 11 is 0. The van der Waals surface area contributed by atoms with Crippen molar-refractivity contribution < 1.29 is 4.92 Å². The molecule has 1 rings (SSSR count). The van der Waals surface area contributed by atoms with Gasteiger partial charge in [-0.25, -0.2) is 0 Å². The summed E-state index contributed by atoms with van der Waals surface area (Å²) in [5.74, 6) is 0. The Hall–Kier alpha value is -1.68. The van der Waals surface area contributed by atoms with Gasteiger partial charge < -0.3 is 5.32 Å². The zero-order valence-corrected chi connectivity index (χ0v) is 10.9. The summed E-state index contributed by atoms with van der Waals surface area (Å²) < 4.78 is 0. The summed E-state index contributed by atoms with van der Waals surface area (Å²) in [6, 6.07) is 7.27. The molecule has 98 valence electrons. The van der Waals surface area contributed by atoms with E-state index in [1.807, 2.05) is 12.1 Å². The van der Waals surface area contributed by atoms with Crippen LogP contribution in [0.25, 0.3) is 0 Å². The number of hydrogen-bond donors (Lipinski definition) is 1. The molecule has 2 unspecified atom stereocenters. The molecule has 0 radical (unpaired) electrons. The van der Waals surface area contributed by atoms with Crippen LogP contribution in [0.3, 0.4) is 0 Å². The van der Waals surface area contributed by atoms with Crippen molar-refractivity contribution in [2.24, 2.45) is 0 Å². The number of benzene rings is 1. The highest BCUT2D eigenvalue weighted by Crippen LogP contribution is 2.22. The van der Waals surface area contributed by atoms with E-state index in [4.69, 9.17) is 0 Å². The minimum absolute atomic E-state index is 0.139. The first-order valence-electron chi connectivity index (χ1n) is 6.19. The number of nitro benzene ring substituents is 1. The van der Waals surface area contributed by atoms with Gasteiger partial charge >= 0.3 is 0 Å². The van der Waals surface area contributed by atoms with Crippen LogP contribution in [0.15, 0.2) is 36.9 Å². The van der Waals surface area contributed by atoms with E-state index < -0.39 is 0 Å². The number of nitrogens with zero attached hydrogens (tertiary/aromatic N) is 1. The Bertz CT molecular complexity index is 418. The predicted octanol–water partition coefficient (Wildman–Crippen LogP) is 3.60. The fourth-order valence-electron chi connectivity index (χ4n) is 1.97. The average molecular weight is 248 g/mol. The van der Waals surface area contributed by atoms with E-state index in [2.05, 4.69) is 25.7 Å². The highest BCUT2D eigenvalue weighted by atomic mass is 16.6. The standard InChI is InChI=1S/C14H20N2O2/c1-4-7-11(3)15-14(5-2)12-8-6-9-13(10-12)16(17)18/h4,6,8-11,14-15H,1,5,7H2,2-3H3. The van der Waals surface area contributed by atoms with Crippen molar-refractivity contribution >= 4 is 5.69 Å². The molecular weight excluding hydrogens is 228 g/mol. The van der Waals surface area contributed by atoms with Crippen molar-refractivity contribution in [2.45, 2.75) is 38.8 Å². The molecule has 1 N–H and O–H groups in total. The molecule has 0 heterocycles. The first-order chi connectivity index (χ1) is 8.58. The van der Waals surface area contributed by atoms with E-state index >= 15 is 0 Å². The van der Waals surface area contributed by atoms with Crippen LogP contribution in [0.2, 0.25) is 0 Å². The highest BCUT2D eigenvalue weighted by molar-refractivity contribution is 5.35. The average Bonchev–Trinajstić information content (AvgIpc) is 2.36. The smallest absolute Gasteiger partial charge is 0.269 e. The highest BCUT2D eigenvalue weighted by Gasteiger charge is 2.14. The van der Waals surface area contributed by atoms with Crippen LogP contribution in [-0.2, 0) is 0 Å². The monoisotopic (exact) mass is 248 g/mol. The molecular formula is C14H20N2O2. The Morgan fingerprint density at radius 3 is 2.83 bits per heavy atom. The normalized spacial score (nSPS) is 13.9. The first-order valence-corrected chi connectivity index (χ1v) is 6.19. The lowest BCUT2D eigenvalue weighted by Gasteiger charge is -2.21. The van der Waals surface area contributed by atoms with Crippen LogP contribution in [-0.4, -0.2) is 11.0 Å². The van der Waals surface area contributed by atoms with Gasteiger partial charge in [-0.15, -0.1) is 6.58 Å². The second-order valence-electron chi connectivity index (χ2n) is 4.41. The van der Waals surface area contributed by atoms with E-state index in [0.29, 0.717) is 6.04 Å². The molecule has 0 amide bonds.